The molecule has 1 aromatic rings. The minimum absolute atomic E-state index is 0.767. The standard InChI is InChI=1S/C12H14O/c1-10-5-7-12(8-6-10)13-9-11-3-2-4-11/h3,5-8H,2,4,9H2,1H3. The molecule has 0 spiro atoms. The van der Waals surface area contributed by atoms with Gasteiger partial charge < -0.3 is 4.74 Å². The van der Waals surface area contributed by atoms with Gasteiger partial charge in [0.1, 0.15) is 12.4 Å². The maximum atomic E-state index is 5.60. The Bertz CT molecular complexity index is 308. The summed E-state index contributed by atoms with van der Waals surface area (Å²) in [7, 11) is 0. The summed E-state index contributed by atoms with van der Waals surface area (Å²) < 4.78 is 5.60. The topological polar surface area (TPSA) is 9.23 Å². The van der Waals surface area contributed by atoms with E-state index in [0.29, 0.717) is 0 Å². The van der Waals surface area contributed by atoms with Crippen LogP contribution in [-0.4, -0.2) is 6.61 Å². The van der Waals surface area contributed by atoms with Crippen LogP contribution in [0.1, 0.15) is 18.4 Å². The second kappa shape index (κ2) is 3.65. The van der Waals surface area contributed by atoms with E-state index >= 15 is 0 Å². The molecule has 68 valence electrons. The van der Waals surface area contributed by atoms with E-state index in [9.17, 15) is 0 Å². The molecule has 0 radical (unpaired) electrons. The van der Waals surface area contributed by atoms with Gasteiger partial charge in [-0.3, -0.25) is 0 Å². The molecule has 13 heavy (non-hydrogen) atoms. The molecule has 1 heteroatoms. The molecule has 0 heterocycles. The molecule has 0 saturated carbocycles. The average Bonchev–Trinajstić information content (AvgIpc) is 2.05. The van der Waals surface area contributed by atoms with Crippen molar-refractivity contribution in [2.45, 2.75) is 19.8 Å². The highest BCUT2D eigenvalue weighted by Crippen LogP contribution is 2.19. The third-order valence-electron chi connectivity index (χ3n) is 2.34. The zero-order valence-corrected chi connectivity index (χ0v) is 7.92. The van der Waals surface area contributed by atoms with Crippen molar-refractivity contribution < 1.29 is 4.74 Å². The van der Waals surface area contributed by atoms with Gasteiger partial charge in [0, 0.05) is 0 Å². The number of rotatable bonds is 3. The van der Waals surface area contributed by atoms with Crippen LogP contribution in [0.3, 0.4) is 0 Å². The van der Waals surface area contributed by atoms with Gasteiger partial charge in [-0.15, -0.1) is 0 Å². The van der Waals surface area contributed by atoms with E-state index in [1.807, 2.05) is 12.1 Å². The maximum Gasteiger partial charge on any atom is 0.119 e. The van der Waals surface area contributed by atoms with Crippen molar-refractivity contribution in [3.8, 4) is 5.75 Å². The molecule has 0 amide bonds. The summed E-state index contributed by atoms with van der Waals surface area (Å²) in [5.74, 6) is 0.971. The molecule has 0 aromatic heterocycles. The Morgan fingerprint density at radius 3 is 2.46 bits per heavy atom. The lowest BCUT2D eigenvalue weighted by molar-refractivity contribution is 0.342. The van der Waals surface area contributed by atoms with Gasteiger partial charge >= 0.3 is 0 Å². The zero-order chi connectivity index (χ0) is 9.10. The Morgan fingerprint density at radius 2 is 1.92 bits per heavy atom. The van der Waals surface area contributed by atoms with Crippen LogP contribution in [-0.2, 0) is 0 Å². The highest BCUT2D eigenvalue weighted by atomic mass is 16.5. The van der Waals surface area contributed by atoms with Gasteiger partial charge in [0.15, 0.2) is 0 Å². The van der Waals surface area contributed by atoms with Gasteiger partial charge in [0.25, 0.3) is 0 Å². The van der Waals surface area contributed by atoms with Gasteiger partial charge in [-0.25, -0.2) is 0 Å². The molecule has 0 fully saturated rings. The second-order valence-corrected chi connectivity index (χ2v) is 3.50. The molecule has 1 aliphatic carbocycles. The summed E-state index contributed by atoms with van der Waals surface area (Å²) in [5, 5.41) is 0. The molecule has 2 rings (SSSR count). The minimum Gasteiger partial charge on any atom is -0.489 e. The third-order valence-corrected chi connectivity index (χ3v) is 2.34. The smallest absolute Gasteiger partial charge is 0.119 e. The fraction of sp³-hybridized carbons (Fsp3) is 0.333. The van der Waals surface area contributed by atoms with Crippen molar-refractivity contribution in [2.24, 2.45) is 0 Å². The molecular formula is C12H14O. The fourth-order valence-electron chi connectivity index (χ4n) is 1.29. The number of ether oxygens (including phenoxy) is 1. The molecule has 0 saturated heterocycles. The van der Waals surface area contributed by atoms with E-state index in [1.165, 1.54) is 24.0 Å². The van der Waals surface area contributed by atoms with Crippen LogP contribution in [0.25, 0.3) is 0 Å². The van der Waals surface area contributed by atoms with E-state index in [2.05, 4.69) is 25.1 Å². The lowest BCUT2D eigenvalue weighted by atomic mass is 10.0. The Kier molecular flexibility index (Phi) is 2.35. The van der Waals surface area contributed by atoms with E-state index in [0.717, 1.165) is 12.4 Å². The number of aryl methyl sites for hydroxylation is 1. The van der Waals surface area contributed by atoms with E-state index in [1.54, 1.807) is 0 Å². The lowest BCUT2D eigenvalue weighted by Crippen LogP contribution is -2.05. The number of hydrogen-bond donors (Lipinski definition) is 0. The summed E-state index contributed by atoms with van der Waals surface area (Å²) in [5.41, 5.74) is 2.70. The molecule has 1 aromatic carbocycles. The van der Waals surface area contributed by atoms with Crippen LogP contribution in [0.15, 0.2) is 35.9 Å². The van der Waals surface area contributed by atoms with Crippen LogP contribution in [0.4, 0.5) is 0 Å². The Morgan fingerprint density at radius 1 is 1.23 bits per heavy atom. The highest BCUT2D eigenvalue weighted by Gasteiger charge is 2.05. The summed E-state index contributed by atoms with van der Waals surface area (Å²) in [6.07, 6.45) is 4.69. The summed E-state index contributed by atoms with van der Waals surface area (Å²) in [4.78, 5) is 0. The molecular weight excluding hydrogens is 160 g/mol. The first kappa shape index (κ1) is 8.36. The van der Waals surface area contributed by atoms with Gasteiger partial charge in [0.05, 0.1) is 0 Å². The van der Waals surface area contributed by atoms with Crippen molar-refractivity contribution in [3.63, 3.8) is 0 Å². The van der Waals surface area contributed by atoms with Crippen LogP contribution in [0.2, 0.25) is 0 Å². The molecule has 0 bridgehead atoms. The van der Waals surface area contributed by atoms with Crippen LogP contribution >= 0.6 is 0 Å². The maximum absolute atomic E-state index is 5.60. The molecule has 0 unspecified atom stereocenters. The quantitative estimate of drug-likeness (QED) is 0.640. The van der Waals surface area contributed by atoms with Gasteiger partial charge in [-0.05, 0) is 37.5 Å². The predicted molar refractivity (Wildman–Crippen MR) is 54.0 cm³/mol. The lowest BCUT2D eigenvalue weighted by Gasteiger charge is -2.15. The molecule has 0 aliphatic heterocycles. The van der Waals surface area contributed by atoms with Crippen molar-refractivity contribution in [1.82, 2.24) is 0 Å². The monoisotopic (exact) mass is 174 g/mol. The molecule has 0 N–H and O–H groups in total. The largest absolute Gasteiger partial charge is 0.489 e. The molecule has 0 atom stereocenters. The van der Waals surface area contributed by atoms with E-state index < -0.39 is 0 Å². The van der Waals surface area contributed by atoms with Crippen molar-refractivity contribution in [1.29, 1.82) is 0 Å². The third kappa shape index (κ3) is 2.11. The van der Waals surface area contributed by atoms with Gasteiger partial charge in [-0.2, -0.15) is 0 Å². The first-order chi connectivity index (χ1) is 6.34. The number of allylic oxidation sites excluding steroid dienone is 1. The van der Waals surface area contributed by atoms with Crippen LogP contribution < -0.4 is 4.74 Å². The average molecular weight is 174 g/mol. The molecule has 1 aliphatic rings. The predicted octanol–water partition coefficient (Wildman–Crippen LogP) is 3.09. The van der Waals surface area contributed by atoms with Crippen molar-refractivity contribution in [3.05, 3.63) is 41.5 Å². The summed E-state index contributed by atoms with van der Waals surface area (Å²) in [6.45, 7) is 2.85. The van der Waals surface area contributed by atoms with Crippen molar-refractivity contribution >= 4 is 0 Å². The summed E-state index contributed by atoms with van der Waals surface area (Å²) >= 11 is 0. The van der Waals surface area contributed by atoms with Crippen LogP contribution in [0.5, 0.6) is 5.75 Å². The zero-order valence-electron chi connectivity index (χ0n) is 7.92. The second-order valence-electron chi connectivity index (χ2n) is 3.50. The van der Waals surface area contributed by atoms with E-state index in [4.69, 9.17) is 4.74 Å². The highest BCUT2D eigenvalue weighted by molar-refractivity contribution is 5.27. The number of benzene rings is 1. The van der Waals surface area contributed by atoms with Gasteiger partial charge in [0.2, 0.25) is 0 Å². The Labute approximate surface area is 79.0 Å². The summed E-state index contributed by atoms with van der Waals surface area (Å²) in [6, 6.07) is 8.19. The van der Waals surface area contributed by atoms with Gasteiger partial charge in [-0.1, -0.05) is 23.8 Å². The normalized spacial score (nSPS) is 14.7. The minimum atomic E-state index is 0.767. The Balaban J connectivity index is 1.90. The first-order valence-electron chi connectivity index (χ1n) is 4.72. The molecule has 1 nitrogen and oxygen atoms in total. The fourth-order valence-corrected chi connectivity index (χ4v) is 1.29. The van der Waals surface area contributed by atoms with Crippen LogP contribution in [0, 0.1) is 6.92 Å². The Hall–Kier alpha value is -1.24. The SMILES string of the molecule is Cc1ccc(OCC2=CCC2)cc1. The first-order valence-corrected chi connectivity index (χ1v) is 4.72. The number of hydrogen-bond acceptors (Lipinski definition) is 1. The van der Waals surface area contributed by atoms with Crippen molar-refractivity contribution in [2.75, 3.05) is 6.61 Å². The van der Waals surface area contributed by atoms with E-state index in [-0.39, 0.29) is 0 Å².